The van der Waals surface area contributed by atoms with Crippen molar-refractivity contribution in [1.82, 2.24) is 25.4 Å². The van der Waals surface area contributed by atoms with Gasteiger partial charge in [-0.1, -0.05) is 61.3 Å². The van der Waals surface area contributed by atoms with Gasteiger partial charge in [0.2, 0.25) is 17.7 Å². The van der Waals surface area contributed by atoms with Crippen LogP contribution in [0.4, 0.5) is 0 Å². The SMILES string of the molecule is CCCc1ccccc1.CNC(=O)CNC(=O)C1CN(C(=O)Cc2c[nH]c3cc(Cl)ccc23)CC2CN(C(=O)c3ccc(O)cc3)CC21. The second-order valence-corrected chi connectivity index (χ2v) is 12.8. The summed E-state index contributed by atoms with van der Waals surface area (Å²) >= 11 is 6.09. The van der Waals surface area contributed by atoms with Gasteiger partial charge < -0.3 is 30.5 Å². The Bertz CT molecular complexity index is 1740. The second-order valence-electron chi connectivity index (χ2n) is 12.4. The van der Waals surface area contributed by atoms with Crippen molar-refractivity contribution >= 4 is 46.1 Å². The minimum atomic E-state index is -0.572. The summed E-state index contributed by atoms with van der Waals surface area (Å²) in [6.45, 7) is 3.44. The minimum Gasteiger partial charge on any atom is -0.508 e. The molecular formula is C37H42ClN5O5. The maximum Gasteiger partial charge on any atom is 0.253 e. The summed E-state index contributed by atoms with van der Waals surface area (Å²) < 4.78 is 0. The maximum atomic E-state index is 13.5. The van der Waals surface area contributed by atoms with E-state index in [1.807, 2.05) is 6.07 Å². The van der Waals surface area contributed by atoms with Crippen molar-refractivity contribution in [3.63, 3.8) is 0 Å². The van der Waals surface area contributed by atoms with Crippen LogP contribution in [0.5, 0.6) is 5.75 Å². The third kappa shape index (κ3) is 8.36. The Hall–Kier alpha value is -4.83. The molecule has 11 heteroatoms. The highest BCUT2D eigenvalue weighted by Crippen LogP contribution is 2.36. The molecular weight excluding hydrogens is 630 g/mol. The van der Waals surface area contributed by atoms with Crippen LogP contribution in [-0.2, 0) is 27.2 Å². The number of nitrogens with zero attached hydrogens (tertiary/aromatic N) is 2. The van der Waals surface area contributed by atoms with Crippen LogP contribution in [0.25, 0.3) is 10.9 Å². The lowest BCUT2D eigenvalue weighted by molar-refractivity contribution is -0.139. The number of aromatic hydroxyl groups is 1. The number of benzene rings is 3. The van der Waals surface area contributed by atoms with E-state index in [0.717, 1.165) is 16.5 Å². The first-order valence-electron chi connectivity index (χ1n) is 16.3. The van der Waals surface area contributed by atoms with Gasteiger partial charge in [0.05, 0.1) is 18.9 Å². The van der Waals surface area contributed by atoms with Crippen LogP contribution in [0.2, 0.25) is 5.02 Å². The Morgan fingerprint density at radius 1 is 0.938 bits per heavy atom. The number of piperidine rings is 1. The van der Waals surface area contributed by atoms with Crippen LogP contribution in [0.15, 0.2) is 79.0 Å². The van der Waals surface area contributed by atoms with Crippen molar-refractivity contribution in [2.24, 2.45) is 17.8 Å². The highest BCUT2D eigenvalue weighted by Gasteiger charge is 2.47. The molecule has 48 heavy (non-hydrogen) atoms. The monoisotopic (exact) mass is 671 g/mol. The molecule has 3 atom stereocenters. The first kappa shape index (κ1) is 34.5. The quantitative estimate of drug-likeness (QED) is 0.220. The van der Waals surface area contributed by atoms with Gasteiger partial charge in [0.15, 0.2) is 0 Å². The number of carbonyl (C=O) groups excluding carboxylic acids is 4. The van der Waals surface area contributed by atoms with E-state index in [2.05, 4.69) is 52.9 Å². The zero-order chi connectivity index (χ0) is 34.2. The molecule has 0 aliphatic carbocycles. The largest absolute Gasteiger partial charge is 0.508 e. The topological polar surface area (TPSA) is 135 Å². The minimum absolute atomic E-state index is 0.0712. The number of likely N-dealkylation sites (N-methyl/N-ethyl adjacent to an activating group) is 1. The van der Waals surface area contributed by atoms with Gasteiger partial charge in [-0.3, -0.25) is 19.2 Å². The van der Waals surface area contributed by atoms with E-state index in [1.54, 1.807) is 40.3 Å². The number of aryl methyl sites for hydroxylation is 1. The molecule has 3 aromatic carbocycles. The molecule has 2 fully saturated rings. The molecule has 2 aliphatic rings. The lowest BCUT2D eigenvalue weighted by Crippen LogP contribution is -2.54. The zero-order valence-electron chi connectivity index (χ0n) is 27.2. The molecule has 3 heterocycles. The average molecular weight is 672 g/mol. The molecule has 6 rings (SSSR count). The molecule has 4 aromatic rings. The summed E-state index contributed by atoms with van der Waals surface area (Å²) in [7, 11) is 1.49. The number of aromatic nitrogens is 1. The van der Waals surface area contributed by atoms with Crippen molar-refractivity contribution in [3.05, 3.63) is 101 Å². The summed E-state index contributed by atoms with van der Waals surface area (Å²) in [5, 5.41) is 16.3. The van der Waals surface area contributed by atoms with E-state index in [4.69, 9.17) is 11.6 Å². The predicted molar refractivity (Wildman–Crippen MR) is 186 cm³/mol. The van der Waals surface area contributed by atoms with Gasteiger partial charge in [0, 0.05) is 60.9 Å². The normalized spacial score (nSPS) is 18.4. The van der Waals surface area contributed by atoms with Crippen molar-refractivity contribution < 1.29 is 24.3 Å². The summed E-state index contributed by atoms with van der Waals surface area (Å²) in [6.07, 6.45) is 4.40. The summed E-state index contributed by atoms with van der Waals surface area (Å²) in [5.74, 6) is -1.69. The molecule has 2 aliphatic heterocycles. The third-order valence-electron chi connectivity index (χ3n) is 9.13. The molecule has 3 unspecified atom stereocenters. The molecule has 0 saturated carbocycles. The fraction of sp³-hybridized carbons (Fsp3) is 0.351. The fourth-order valence-corrected chi connectivity index (χ4v) is 6.78. The highest BCUT2D eigenvalue weighted by atomic mass is 35.5. The lowest BCUT2D eigenvalue weighted by atomic mass is 9.79. The Balaban J connectivity index is 0.000000434. The van der Waals surface area contributed by atoms with Crippen molar-refractivity contribution in [3.8, 4) is 5.75 Å². The van der Waals surface area contributed by atoms with E-state index < -0.39 is 5.92 Å². The molecule has 2 saturated heterocycles. The summed E-state index contributed by atoms with van der Waals surface area (Å²) in [5.41, 5.74) is 3.57. The molecule has 0 spiro atoms. The number of halogens is 1. The van der Waals surface area contributed by atoms with Gasteiger partial charge in [0.25, 0.3) is 5.91 Å². The van der Waals surface area contributed by atoms with Gasteiger partial charge in [-0.25, -0.2) is 0 Å². The maximum absolute atomic E-state index is 13.5. The smallest absolute Gasteiger partial charge is 0.253 e. The fourth-order valence-electron chi connectivity index (χ4n) is 6.61. The first-order valence-corrected chi connectivity index (χ1v) is 16.7. The standard InChI is InChI=1S/C28H30ClN5O5.C9H12/c1-30-25(36)11-32-27(38)23-15-33(26(37)8-17-10-31-24-9-19(29)4-7-21(17)24)12-18-13-34(14-22(18)23)28(39)16-2-5-20(35)6-3-16;1-2-6-9-7-4-3-5-8-9/h2-7,9-10,18,22-23,31,35H,8,11-15H2,1H3,(H,30,36)(H,32,38);3-5,7-8H,2,6H2,1H3. The Morgan fingerprint density at radius 2 is 1.67 bits per heavy atom. The number of likely N-dealkylation sites (tertiary alicyclic amines) is 2. The molecule has 0 bridgehead atoms. The molecule has 252 valence electrons. The predicted octanol–water partition coefficient (Wildman–Crippen LogP) is 4.42. The zero-order valence-corrected chi connectivity index (χ0v) is 28.0. The van der Waals surface area contributed by atoms with E-state index in [1.165, 1.54) is 37.6 Å². The number of carbonyl (C=O) groups is 4. The van der Waals surface area contributed by atoms with Crippen LogP contribution in [0.3, 0.4) is 0 Å². The van der Waals surface area contributed by atoms with Crippen molar-refractivity contribution in [2.75, 3.05) is 39.8 Å². The van der Waals surface area contributed by atoms with Crippen LogP contribution in [0.1, 0.15) is 34.8 Å². The van der Waals surface area contributed by atoms with Gasteiger partial charge >= 0.3 is 0 Å². The molecule has 1 aromatic heterocycles. The van der Waals surface area contributed by atoms with E-state index in [9.17, 15) is 24.3 Å². The van der Waals surface area contributed by atoms with Gasteiger partial charge in [-0.15, -0.1) is 0 Å². The number of phenols is 1. The molecule has 4 N–H and O–H groups in total. The molecule has 4 amide bonds. The number of phenolic OH excluding ortho intramolecular Hbond substituents is 1. The number of nitrogens with one attached hydrogen (secondary N) is 3. The Morgan fingerprint density at radius 3 is 2.38 bits per heavy atom. The van der Waals surface area contributed by atoms with Crippen LogP contribution >= 0.6 is 11.6 Å². The number of rotatable bonds is 8. The first-order chi connectivity index (χ1) is 23.2. The second kappa shape index (κ2) is 15.8. The number of hydrogen-bond acceptors (Lipinski definition) is 5. The van der Waals surface area contributed by atoms with Crippen molar-refractivity contribution in [1.29, 1.82) is 0 Å². The highest BCUT2D eigenvalue weighted by molar-refractivity contribution is 6.31. The van der Waals surface area contributed by atoms with Gasteiger partial charge in [-0.05, 0) is 65.8 Å². The van der Waals surface area contributed by atoms with E-state index in [0.29, 0.717) is 30.2 Å². The number of H-pyrrole nitrogens is 1. The Labute approximate surface area is 285 Å². The van der Waals surface area contributed by atoms with Crippen LogP contribution in [0, 0.1) is 17.8 Å². The van der Waals surface area contributed by atoms with Crippen molar-refractivity contribution in [2.45, 2.75) is 26.2 Å². The number of hydrogen-bond donors (Lipinski definition) is 4. The summed E-state index contributed by atoms with van der Waals surface area (Å²) in [4.78, 5) is 58.3. The van der Waals surface area contributed by atoms with Gasteiger partial charge in [0.1, 0.15) is 5.75 Å². The van der Waals surface area contributed by atoms with Crippen LogP contribution in [-0.4, -0.2) is 83.3 Å². The molecule has 0 radical (unpaired) electrons. The third-order valence-corrected chi connectivity index (χ3v) is 9.36. The number of fused-ring (bicyclic) bond motifs is 2. The lowest BCUT2D eigenvalue weighted by Gasteiger charge is -2.39. The average Bonchev–Trinajstić information content (AvgIpc) is 3.71. The molecule has 10 nitrogen and oxygen atoms in total. The Kier molecular flexibility index (Phi) is 11.4. The summed E-state index contributed by atoms with van der Waals surface area (Å²) in [6, 6.07) is 22.1. The number of aromatic amines is 1. The number of amides is 4. The van der Waals surface area contributed by atoms with Crippen LogP contribution < -0.4 is 10.6 Å². The van der Waals surface area contributed by atoms with E-state index >= 15 is 0 Å². The van der Waals surface area contributed by atoms with E-state index in [-0.39, 0.29) is 60.7 Å². The van der Waals surface area contributed by atoms with Gasteiger partial charge in [-0.2, -0.15) is 0 Å².